The molecule has 0 bridgehead atoms. The smallest absolute Gasteiger partial charge is 0.213 e. The van der Waals surface area contributed by atoms with Gasteiger partial charge in [-0.05, 0) is 25.6 Å². The van der Waals surface area contributed by atoms with E-state index in [-0.39, 0.29) is 6.10 Å². The topological polar surface area (TPSA) is 43.4 Å². The summed E-state index contributed by atoms with van der Waals surface area (Å²) in [4.78, 5) is 4.26. The Labute approximate surface area is 102 Å². The summed E-state index contributed by atoms with van der Waals surface area (Å²) in [5.74, 6) is 0.719. The Morgan fingerprint density at radius 1 is 1.47 bits per heavy atom. The molecule has 0 saturated carbocycles. The molecule has 1 saturated heterocycles. The van der Waals surface area contributed by atoms with Crippen molar-refractivity contribution in [3.8, 4) is 5.88 Å². The first-order valence-corrected chi connectivity index (χ1v) is 6.17. The van der Waals surface area contributed by atoms with Gasteiger partial charge >= 0.3 is 0 Å². The standard InChI is InChI=1S/C13H20N2O2/c1-10(14-2)11-3-6-15-13(9-11)17-12-4-7-16-8-5-12/h3,6,9-10,12,14H,4-5,7-8H2,1-2H3. The summed E-state index contributed by atoms with van der Waals surface area (Å²) in [6.45, 7) is 3.70. The van der Waals surface area contributed by atoms with Crippen LogP contribution >= 0.6 is 0 Å². The predicted octanol–water partition coefficient (Wildman–Crippen LogP) is 1.92. The normalized spacial score (nSPS) is 18.9. The van der Waals surface area contributed by atoms with Gasteiger partial charge in [-0.1, -0.05) is 0 Å². The highest BCUT2D eigenvalue weighted by molar-refractivity contribution is 5.23. The zero-order valence-corrected chi connectivity index (χ0v) is 10.5. The van der Waals surface area contributed by atoms with Crippen LogP contribution in [-0.4, -0.2) is 31.3 Å². The van der Waals surface area contributed by atoms with E-state index in [9.17, 15) is 0 Å². The van der Waals surface area contributed by atoms with Gasteiger partial charge in [-0.3, -0.25) is 0 Å². The van der Waals surface area contributed by atoms with Crippen LogP contribution in [0.25, 0.3) is 0 Å². The Hall–Kier alpha value is -1.13. The van der Waals surface area contributed by atoms with Crippen LogP contribution in [-0.2, 0) is 4.74 Å². The van der Waals surface area contributed by atoms with E-state index in [1.165, 1.54) is 5.56 Å². The van der Waals surface area contributed by atoms with Crippen molar-refractivity contribution >= 4 is 0 Å². The summed E-state index contributed by atoms with van der Waals surface area (Å²) in [5.41, 5.74) is 1.20. The van der Waals surface area contributed by atoms with E-state index in [2.05, 4.69) is 17.2 Å². The Morgan fingerprint density at radius 2 is 2.24 bits per heavy atom. The molecule has 0 aromatic carbocycles. The lowest BCUT2D eigenvalue weighted by molar-refractivity contribution is 0.0237. The van der Waals surface area contributed by atoms with E-state index in [0.29, 0.717) is 6.04 Å². The first-order valence-electron chi connectivity index (χ1n) is 6.17. The molecule has 4 heteroatoms. The van der Waals surface area contributed by atoms with E-state index in [1.807, 2.05) is 19.2 Å². The third kappa shape index (κ3) is 3.41. The molecule has 1 unspecified atom stereocenters. The van der Waals surface area contributed by atoms with Crippen LogP contribution in [0.15, 0.2) is 18.3 Å². The minimum atomic E-state index is 0.247. The number of nitrogens with zero attached hydrogens (tertiary/aromatic N) is 1. The van der Waals surface area contributed by atoms with Gasteiger partial charge in [-0.2, -0.15) is 0 Å². The summed E-state index contributed by atoms with van der Waals surface area (Å²) in [7, 11) is 1.95. The van der Waals surface area contributed by atoms with Gasteiger partial charge < -0.3 is 14.8 Å². The lowest BCUT2D eigenvalue weighted by Crippen LogP contribution is -2.26. The number of ether oxygens (including phenoxy) is 2. The molecule has 1 atom stereocenters. The molecule has 1 N–H and O–H groups in total. The summed E-state index contributed by atoms with van der Waals surface area (Å²) < 4.78 is 11.2. The maximum Gasteiger partial charge on any atom is 0.213 e. The average molecular weight is 236 g/mol. The largest absolute Gasteiger partial charge is 0.474 e. The fraction of sp³-hybridized carbons (Fsp3) is 0.615. The molecular formula is C13H20N2O2. The molecule has 0 amide bonds. The summed E-state index contributed by atoms with van der Waals surface area (Å²) >= 11 is 0. The molecule has 1 aliphatic heterocycles. The maximum absolute atomic E-state index is 5.87. The second kappa shape index (κ2) is 5.98. The van der Waals surface area contributed by atoms with Gasteiger partial charge in [0, 0.05) is 31.1 Å². The fourth-order valence-corrected chi connectivity index (χ4v) is 1.89. The van der Waals surface area contributed by atoms with Crippen molar-refractivity contribution in [2.75, 3.05) is 20.3 Å². The zero-order valence-electron chi connectivity index (χ0n) is 10.5. The zero-order chi connectivity index (χ0) is 12.1. The van der Waals surface area contributed by atoms with Gasteiger partial charge in [-0.25, -0.2) is 4.98 Å². The molecule has 0 spiro atoms. The van der Waals surface area contributed by atoms with Crippen molar-refractivity contribution in [3.63, 3.8) is 0 Å². The Balaban J connectivity index is 2.00. The number of hydrogen-bond donors (Lipinski definition) is 1. The number of aromatic nitrogens is 1. The lowest BCUT2D eigenvalue weighted by atomic mass is 10.1. The van der Waals surface area contributed by atoms with Gasteiger partial charge in [0.1, 0.15) is 6.10 Å². The van der Waals surface area contributed by atoms with Crippen LogP contribution in [0.2, 0.25) is 0 Å². The van der Waals surface area contributed by atoms with E-state index in [4.69, 9.17) is 9.47 Å². The monoisotopic (exact) mass is 236 g/mol. The molecular weight excluding hydrogens is 216 g/mol. The highest BCUT2D eigenvalue weighted by Gasteiger charge is 2.16. The fourth-order valence-electron chi connectivity index (χ4n) is 1.89. The van der Waals surface area contributed by atoms with E-state index >= 15 is 0 Å². The van der Waals surface area contributed by atoms with Gasteiger partial charge in [0.25, 0.3) is 0 Å². The van der Waals surface area contributed by atoms with Crippen molar-refractivity contribution in [1.82, 2.24) is 10.3 Å². The molecule has 0 radical (unpaired) electrons. The summed E-state index contributed by atoms with van der Waals surface area (Å²) in [6, 6.07) is 4.34. The van der Waals surface area contributed by atoms with Gasteiger partial charge in [0.15, 0.2) is 0 Å². The van der Waals surface area contributed by atoms with Gasteiger partial charge in [0.2, 0.25) is 5.88 Å². The molecule has 94 valence electrons. The van der Waals surface area contributed by atoms with Crippen LogP contribution in [0, 0.1) is 0 Å². The lowest BCUT2D eigenvalue weighted by Gasteiger charge is -2.23. The Morgan fingerprint density at radius 3 is 2.94 bits per heavy atom. The van der Waals surface area contributed by atoms with Crippen LogP contribution < -0.4 is 10.1 Å². The van der Waals surface area contributed by atoms with Crippen molar-refractivity contribution in [3.05, 3.63) is 23.9 Å². The SMILES string of the molecule is CNC(C)c1ccnc(OC2CCOCC2)c1. The molecule has 1 aliphatic rings. The van der Waals surface area contributed by atoms with Crippen molar-refractivity contribution in [1.29, 1.82) is 0 Å². The Kier molecular flexibility index (Phi) is 4.34. The maximum atomic E-state index is 5.87. The van der Waals surface area contributed by atoms with Crippen molar-refractivity contribution in [2.45, 2.75) is 31.9 Å². The quantitative estimate of drug-likeness (QED) is 0.867. The number of nitrogens with one attached hydrogen (secondary N) is 1. The molecule has 0 aliphatic carbocycles. The molecule has 1 aromatic rings. The minimum absolute atomic E-state index is 0.247. The molecule has 2 heterocycles. The van der Waals surface area contributed by atoms with Crippen molar-refractivity contribution < 1.29 is 9.47 Å². The number of hydrogen-bond acceptors (Lipinski definition) is 4. The van der Waals surface area contributed by atoms with Crippen LogP contribution in [0.5, 0.6) is 5.88 Å². The van der Waals surface area contributed by atoms with Crippen LogP contribution in [0.1, 0.15) is 31.4 Å². The highest BCUT2D eigenvalue weighted by Crippen LogP contribution is 2.19. The second-order valence-corrected chi connectivity index (χ2v) is 4.37. The summed E-state index contributed by atoms with van der Waals surface area (Å²) in [5, 5.41) is 3.21. The molecule has 4 nitrogen and oxygen atoms in total. The second-order valence-electron chi connectivity index (χ2n) is 4.37. The first kappa shape index (κ1) is 12.3. The van der Waals surface area contributed by atoms with E-state index in [1.54, 1.807) is 6.20 Å². The molecule has 1 fully saturated rings. The molecule has 17 heavy (non-hydrogen) atoms. The predicted molar refractivity (Wildman–Crippen MR) is 66.2 cm³/mol. The number of pyridine rings is 1. The van der Waals surface area contributed by atoms with Gasteiger partial charge in [-0.15, -0.1) is 0 Å². The average Bonchev–Trinajstić information content (AvgIpc) is 2.39. The number of rotatable bonds is 4. The van der Waals surface area contributed by atoms with Crippen molar-refractivity contribution in [2.24, 2.45) is 0 Å². The van der Waals surface area contributed by atoms with Crippen LogP contribution in [0.4, 0.5) is 0 Å². The third-order valence-electron chi connectivity index (χ3n) is 3.15. The summed E-state index contributed by atoms with van der Waals surface area (Å²) in [6.07, 6.45) is 3.95. The Bertz CT molecular complexity index is 351. The third-order valence-corrected chi connectivity index (χ3v) is 3.15. The van der Waals surface area contributed by atoms with Crippen LogP contribution in [0.3, 0.4) is 0 Å². The minimum Gasteiger partial charge on any atom is -0.474 e. The first-order chi connectivity index (χ1) is 8.29. The van der Waals surface area contributed by atoms with E-state index in [0.717, 1.165) is 31.9 Å². The molecule has 2 rings (SSSR count). The molecule has 1 aromatic heterocycles. The highest BCUT2D eigenvalue weighted by atomic mass is 16.5. The van der Waals surface area contributed by atoms with E-state index < -0.39 is 0 Å². The van der Waals surface area contributed by atoms with Gasteiger partial charge in [0.05, 0.1) is 13.2 Å².